The van der Waals surface area contributed by atoms with Crippen LogP contribution in [0.1, 0.15) is 37.7 Å². The molecule has 1 aliphatic carbocycles. The van der Waals surface area contributed by atoms with Crippen LogP contribution >= 0.6 is 0 Å². The molecule has 1 saturated heterocycles. The van der Waals surface area contributed by atoms with Crippen molar-refractivity contribution in [1.29, 1.82) is 0 Å². The molecule has 3 atom stereocenters. The number of halogens is 2. The van der Waals surface area contributed by atoms with Crippen molar-refractivity contribution < 1.29 is 13.6 Å². The van der Waals surface area contributed by atoms with Crippen LogP contribution in [0.3, 0.4) is 0 Å². The van der Waals surface area contributed by atoms with Crippen molar-refractivity contribution in [3.63, 3.8) is 0 Å². The van der Waals surface area contributed by atoms with Crippen molar-refractivity contribution in [2.75, 3.05) is 11.9 Å². The maximum Gasteiger partial charge on any atom is 0.256 e. The fourth-order valence-electron chi connectivity index (χ4n) is 3.90. The van der Waals surface area contributed by atoms with Crippen molar-refractivity contribution in [3.8, 4) is 0 Å². The zero-order valence-electron chi connectivity index (χ0n) is 14.6. The van der Waals surface area contributed by atoms with Crippen LogP contribution in [0, 0.1) is 0 Å². The van der Waals surface area contributed by atoms with Crippen LogP contribution in [-0.4, -0.2) is 45.3 Å². The van der Waals surface area contributed by atoms with Crippen LogP contribution in [0.5, 0.6) is 0 Å². The average molecular weight is 360 g/mol. The zero-order chi connectivity index (χ0) is 18.5. The van der Waals surface area contributed by atoms with Crippen molar-refractivity contribution in [2.24, 2.45) is 0 Å². The van der Waals surface area contributed by atoms with Crippen molar-refractivity contribution in [3.05, 3.63) is 36.7 Å². The van der Waals surface area contributed by atoms with Crippen molar-refractivity contribution in [2.45, 2.75) is 50.1 Å². The summed E-state index contributed by atoms with van der Waals surface area (Å²) in [5, 5.41) is 4.19. The molecule has 0 radical (unpaired) electrons. The maximum atomic E-state index is 13.6. The Morgan fingerprint density at radius 1 is 1.50 bits per heavy atom. The Bertz CT molecular complexity index is 862. The number of H-pyrrole nitrogens is 1. The van der Waals surface area contributed by atoms with Crippen molar-refractivity contribution >= 4 is 22.6 Å². The summed E-state index contributed by atoms with van der Waals surface area (Å²) in [6.07, 6.45) is 6.32. The topological polar surface area (TPSA) is 61.0 Å². The smallest absolute Gasteiger partial charge is 0.256 e. The van der Waals surface area contributed by atoms with Gasteiger partial charge in [0.25, 0.3) is 5.92 Å². The molecule has 0 aromatic carbocycles. The number of hydrogen-bond donors (Lipinski definition) is 2. The number of rotatable bonds is 4. The van der Waals surface area contributed by atoms with Crippen molar-refractivity contribution in [1.82, 2.24) is 14.9 Å². The van der Waals surface area contributed by atoms with Crippen LogP contribution in [0.25, 0.3) is 11.0 Å². The molecule has 2 N–H and O–H groups in total. The molecule has 2 aromatic rings. The number of piperidine rings is 1. The lowest BCUT2D eigenvalue weighted by molar-refractivity contribution is -0.129. The number of aromatic amines is 1. The SMILES string of the molecule is C=CC(=O)N1CC(Nc2ccnc3[nH]cc(C4CC4(F)F)c23)CCC1C. The molecule has 2 fully saturated rings. The summed E-state index contributed by atoms with van der Waals surface area (Å²) in [5.74, 6) is -3.45. The summed E-state index contributed by atoms with van der Waals surface area (Å²) in [7, 11) is 0. The molecular formula is C19H22F2N4O. The number of anilines is 1. The van der Waals surface area contributed by atoms with Gasteiger partial charge in [-0.05, 0) is 37.5 Å². The first-order chi connectivity index (χ1) is 12.4. The molecule has 1 amide bonds. The minimum absolute atomic E-state index is 0.0585. The second-order valence-electron chi connectivity index (χ2n) is 7.31. The van der Waals surface area contributed by atoms with Crippen LogP contribution in [0.15, 0.2) is 31.1 Å². The van der Waals surface area contributed by atoms with Gasteiger partial charge in [-0.2, -0.15) is 0 Å². The number of likely N-dealkylation sites (tertiary alicyclic amines) is 1. The lowest BCUT2D eigenvalue weighted by Gasteiger charge is -2.38. The normalized spacial score (nSPS) is 27.3. The molecule has 0 spiro atoms. The lowest BCUT2D eigenvalue weighted by Crippen LogP contribution is -2.49. The highest BCUT2D eigenvalue weighted by atomic mass is 19.3. The Labute approximate surface area is 150 Å². The second kappa shape index (κ2) is 6.07. The third-order valence-corrected chi connectivity index (χ3v) is 5.50. The number of nitrogens with zero attached hydrogens (tertiary/aromatic N) is 2. The van der Waals surface area contributed by atoms with Gasteiger partial charge in [-0.3, -0.25) is 4.79 Å². The number of alkyl halides is 2. The molecular weight excluding hydrogens is 338 g/mol. The first kappa shape index (κ1) is 17.0. The molecule has 3 unspecified atom stereocenters. The van der Waals surface area contributed by atoms with Gasteiger partial charge in [0, 0.05) is 48.5 Å². The van der Waals surface area contributed by atoms with Gasteiger partial charge in [-0.15, -0.1) is 0 Å². The minimum atomic E-state index is -2.63. The molecule has 1 aliphatic heterocycles. The van der Waals surface area contributed by atoms with Crippen LogP contribution < -0.4 is 5.32 Å². The number of nitrogens with one attached hydrogen (secondary N) is 2. The van der Waals surface area contributed by atoms with Gasteiger partial charge in [0.15, 0.2) is 0 Å². The van der Waals surface area contributed by atoms with E-state index in [1.165, 1.54) is 6.08 Å². The zero-order valence-corrected chi connectivity index (χ0v) is 14.6. The predicted molar refractivity (Wildman–Crippen MR) is 96.4 cm³/mol. The van der Waals surface area contributed by atoms with E-state index in [-0.39, 0.29) is 24.4 Å². The molecule has 0 bridgehead atoms. The van der Waals surface area contributed by atoms with E-state index in [9.17, 15) is 13.6 Å². The predicted octanol–water partition coefficient (Wildman–Crippen LogP) is 3.66. The van der Waals surface area contributed by atoms with E-state index < -0.39 is 11.8 Å². The molecule has 2 aromatic heterocycles. The van der Waals surface area contributed by atoms with Crippen LogP contribution in [-0.2, 0) is 4.79 Å². The van der Waals surface area contributed by atoms with E-state index in [1.807, 2.05) is 13.0 Å². The summed E-state index contributed by atoms with van der Waals surface area (Å²) in [6, 6.07) is 2.05. The van der Waals surface area contributed by atoms with Gasteiger partial charge in [0.1, 0.15) is 5.65 Å². The van der Waals surface area contributed by atoms with E-state index in [2.05, 4.69) is 21.9 Å². The summed E-state index contributed by atoms with van der Waals surface area (Å²) in [5.41, 5.74) is 2.01. The first-order valence-electron chi connectivity index (χ1n) is 8.94. The minimum Gasteiger partial charge on any atom is -0.380 e. The number of fused-ring (bicyclic) bond motifs is 1. The van der Waals surface area contributed by atoms with Gasteiger partial charge in [0.05, 0.1) is 5.92 Å². The molecule has 7 heteroatoms. The number of carbonyl (C=O) groups is 1. The quantitative estimate of drug-likeness (QED) is 0.818. The summed E-state index contributed by atoms with van der Waals surface area (Å²) < 4.78 is 27.2. The number of carbonyl (C=O) groups excluding carboxylic acids is 1. The van der Waals surface area contributed by atoms with E-state index in [4.69, 9.17) is 0 Å². The van der Waals surface area contributed by atoms with E-state index in [1.54, 1.807) is 17.3 Å². The summed E-state index contributed by atoms with van der Waals surface area (Å²) >= 11 is 0. The van der Waals surface area contributed by atoms with E-state index in [0.717, 1.165) is 23.9 Å². The fraction of sp³-hybridized carbons (Fsp3) is 0.474. The Balaban J connectivity index is 1.60. The number of amides is 1. The standard InChI is InChI=1S/C19H22F2N4O/c1-3-16(26)25-10-12(5-4-11(25)2)24-15-6-7-22-18-17(15)13(9-23-18)14-8-19(14,20)21/h3,6-7,9,11-12,14H,1,4-5,8,10H2,2H3,(H2,22,23,24). The molecule has 2 aliphatic rings. The lowest BCUT2D eigenvalue weighted by atomic mass is 9.98. The number of pyridine rings is 1. The van der Waals surface area contributed by atoms with Gasteiger partial charge in [0.2, 0.25) is 5.91 Å². The molecule has 5 nitrogen and oxygen atoms in total. The molecule has 1 saturated carbocycles. The highest BCUT2D eigenvalue weighted by Crippen LogP contribution is 2.57. The van der Waals surface area contributed by atoms with Gasteiger partial charge in [-0.25, -0.2) is 13.8 Å². The summed E-state index contributed by atoms with van der Waals surface area (Å²) in [4.78, 5) is 21.1. The highest BCUT2D eigenvalue weighted by Gasteiger charge is 2.58. The summed E-state index contributed by atoms with van der Waals surface area (Å²) in [6.45, 7) is 6.16. The fourth-order valence-corrected chi connectivity index (χ4v) is 3.90. The molecule has 4 rings (SSSR count). The molecule has 26 heavy (non-hydrogen) atoms. The first-order valence-corrected chi connectivity index (χ1v) is 8.94. The highest BCUT2D eigenvalue weighted by molar-refractivity contribution is 5.93. The largest absolute Gasteiger partial charge is 0.380 e. The number of aromatic nitrogens is 2. The maximum absolute atomic E-state index is 13.6. The Hall–Kier alpha value is -2.44. The third-order valence-electron chi connectivity index (χ3n) is 5.50. The Kier molecular flexibility index (Phi) is 3.97. The van der Waals surface area contributed by atoms with E-state index in [0.29, 0.717) is 17.8 Å². The van der Waals surface area contributed by atoms with Crippen LogP contribution in [0.4, 0.5) is 14.5 Å². The average Bonchev–Trinajstić information content (AvgIpc) is 3.05. The van der Waals surface area contributed by atoms with Gasteiger partial charge < -0.3 is 15.2 Å². The molecule has 3 heterocycles. The third kappa shape index (κ3) is 2.85. The molecule has 138 valence electrons. The monoisotopic (exact) mass is 360 g/mol. The second-order valence-corrected chi connectivity index (χ2v) is 7.31. The number of hydrogen-bond acceptors (Lipinski definition) is 3. The van der Waals surface area contributed by atoms with Gasteiger partial charge in [-0.1, -0.05) is 6.58 Å². The van der Waals surface area contributed by atoms with Crippen LogP contribution in [0.2, 0.25) is 0 Å². The van der Waals surface area contributed by atoms with Gasteiger partial charge >= 0.3 is 0 Å². The Morgan fingerprint density at radius 2 is 2.27 bits per heavy atom. The van der Waals surface area contributed by atoms with E-state index >= 15 is 0 Å². The Morgan fingerprint density at radius 3 is 2.96 bits per heavy atom.